The van der Waals surface area contributed by atoms with Crippen molar-refractivity contribution in [2.75, 3.05) is 13.2 Å². The van der Waals surface area contributed by atoms with Gasteiger partial charge >= 0.3 is 0 Å². The zero-order valence-corrected chi connectivity index (χ0v) is 21.8. The van der Waals surface area contributed by atoms with Crippen LogP contribution in [0.25, 0.3) is 0 Å². The maximum atomic E-state index is 11.2. The van der Waals surface area contributed by atoms with Gasteiger partial charge in [0.2, 0.25) is 0 Å². The molecule has 0 saturated heterocycles. The van der Waals surface area contributed by atoms with Gasteiger partial charge in [-0.2, -0.15) is 10.4 Å². The molecule has 0 spiro atoms. The van der Waals surface area contributed by atoms with Gasteiger partial charge in [-0.1, -0.05) is 20.8 Å². The predicted octanol–water partition coefficient (Wildman–Crippen LogP) is 5.82. The van der Waals surface area contributed by atoms with Gasteiger partial charge in [0.1, 0.15) is 6.07 Å². The second kappa shape index (κ2) is 8.93. The van der Waals surface area contributed by atoms with Gasteiger partial charge in [-0.15, -0.1) is 0 Å². The van der Waals surface area contributed by atoms with Gasteiger partial charge in [0.15, 0.2) is 5.69 Å². The molecule has 4 aliphatic rings. The molecular formula is C29H45N3O2. The lowest BCUT2D eigenvalue weighted by molar-refractivity contribution is -0.166. The van der Waals surface area contributed by atoms with E-state index in [9.17, 15) is 5.11 Å². The van der Waals surface area contributed by atoms with Crippen LogP contribution >= 0.6 is 0 Å². The molecule has 1 unspecified atom stereocenters. The van der Waals surface area contributed by atoms with Crippen LogP contribution in [0.5, 0.6) is 0 Å². The highest BCUT2D eigenvalue weighted by atomic mass is 16.5. The monoisotopic (exact) mass is 467 g/mol. The van der Waals surface area contributed by atoms with E-state index in [4.69, 9.17) is 10.00 Å². The first kappa shape index (κ1) is 24.3. The summed E-state index contributed by atoms with van der Waals surface area (Å²) in [4.78, 5) is 0. The number of hydrogen-bond acceptors (Lipinski definition) is 4. The smallest absolute Gasteiger partial charge is 0.162 e. The largest absolute Gasteiger partial charge is 0.387 e. The fraction of sp³-hybridized carbons (Fsp3) is 0.862. The van der Waals surface area contributed by atoms with Crippen molar-refractivity contribution in [3.05, 3.63) is 18.0 Å². The standard InChI is InChI=1S/C29H45N3O2/c1-5-34-19-29(33)14-13-27(3)21(16-29)6-7-23-25-9-8-24(28(25,4)12-10-26(23)27)20(2)18-32-15-11-22(17-30)31-32/h11,15,20-21,23-26,33H,5-10,12-14,16,18-19H2,1-4H3/t20?,21-,23+,24-,25+,26+,27+,28-,29-/m1/s1. The van der Waals surface area contributed by atoms with Crippen molar-refractivity contribution in [1.82, 2.24) is 9.78 Å². The van der Waals surface area contributed by atoms with E-state index >= 15 is 0 Å². The number of aromatic nitrogens is 2. The zero-order valence-electron chi connectivity index (χ0n) is 21.8. The highest BCUT2D eigenvalue weighted by Gasteiger charge is 2.61. The molecule has 0 aliphatic heterocycles. The molecule has 188 valence electrons. The maximum Gasteiger partial charge on any atom is 0.162 e. The predicted molar refractivity (Wildman–Crippen MR) is 133 cm³/mol. The molecule has 4 aliphatic carbocycles. The van der Waals surface area contributed by atoms with Crippen molar-refractivity contribution in [3.63, 3.8) is 0 Å². The van der Waals surface area contributed by atoms with E-state index in [2.05, 4.69) is 31.9 Å². The third-order valence-corrected chi connectivity index (χ3v) is 11.4. The Hall–Kier alpha value is -1.38. The summed E-state index contributed by atoms with van der Waals surface area (Å²) < 4.78 is 7.67. The Morgan fingerprint density at radius 1 is 1.15 bits per heavy atom. The number of hydrogen-bond donors (Lipinski definition) is 1. The number of aliphatic hydroxyl groups is 1. The summed E-state index contributed by atoms with van der Waals surface area (Å²) in [6.07, 6.45) is 13.0. The summed E-state index contributed by atoms with van der Waals surface area (Å²) in [6.45, 7) is 11.7. The highest BCUT2D eigenvalue weighted by molar-refractivity contribution is 5.16. The Morgan fingerprint density at radius 3 is 2.68 bits per heavy atom. The molecule has 5 nitrogen and oxygen atoms in total. The molecule has 0 bridgehead atoms. The molecule has 5 rings (SSSR count). The lowest BCUT2D eigenvalue weighted by atomic mass is 9.43. The van der Waals surface area contributed by atoms with Crippen LogP contribution in [-0.4, -0.2) is 33.7 Å². The maximum absolute atomic E-state index is 11.2. The van der Waals surface area contributed by atoms with Crippen molar-refractivity contribution in [2.24, 2.45) is 46.3 Å². The van der Waals surface area contributed by atoms with E-state index in [1.165, 1.54) is 38.5 Å². The molecule has 34 heavy (non-hydrogen) atoms. The Kier molecular flexibility index (Phi) is 6.39. The summed E-state index contributed by atoms with van der Waals surface area (Å²) in [7, 11) is 0. The van der Waals surface area contributed by atoms with E-state index in [-0.39, 0.29) is 0 Å². The SMILES string of the molecule is CCOC[C@@]1(O)CC[C@@]2(C)[C@H](CC[C@@H]3[C@@H]2CC[C@]2(C)[C@@H](C(C)Cn4ccc(C#N)n4)CC[C@@H]32)C1. The van der Waals surface area contributed by atoms with Crippen LogP contribution in [0.2, 0.25) is 0 Å². The van der Waals surface area contributed by atoms with Crippen LogP contribution in [0.15, 0.2) is 12.3 Å². The molecule has 5 heteroatoms. The fourth-order valence-corrected chi connectivity index (χ4v) is 9.67. The summed E-state index contributed by atoms with van der Waals surface area (Å²) in [5.41, 5.74) is 0.727. The Morgan fingerprint density at radius 2 is 1.94 bits per heavy atom. The van der Waals surface area contributed by atoms with Gasteiger partial charge in [0, 0.05) is 19.3 Å². The molecule has 1 N–H and O–H groups in total. The van der Waals surface area contributed by atoms with Crippen molar-refractivity contribution in [1.29, 1.82) is 5.26 Å². The third kappa shape index (κ3) is 3.94. The molecule has 1 aromatic rings. The van der Waals surface area contributed by atoms with E-state index in [0.717, 1.165) is 49.5 Å². The van der Waals surface area contributed by atoms with Crippen molar-refractivity contribution in [3.8, 4) is 6.07 Å². The molecule has 1 aromatic heterocycles. The van der Waals surface area contributed by atoms with Crippen LogP contribution in [0.4, 0.5) is 0 Å². The van der Waals surface area contributed by atoms with E-state index in [1.807, 2.05) is 23.9 Å². The Bertz CT molecular complexity index is 923. The molecule has 0 radical (unpaired) electrons. The average Bonchev–Trinajstić information content (AvgIpc) is 3.42. The topological polar surface area (TPSA) is 71.1 Å². The average molecular weight is 468 g/mol. The van der Waals surface area contributed by atoms with Crippen LogP contribution in [0.1, 0.15) is 91.2 Å². The number of fused-ring (bicyclic) bond motifs is 5. The van der Waals surface area contributed by atoms with Crippen molar-refractivity contribution in [2.45, 2.75) is 97.6 Å². The molecule has 0 amide bonds. The molecule has 4 fully saturated rings. The van der Waals surface area contributed by atoms with Crippen LogP contribution in [0.3, 0.4) is 0 Å². The van der Waals surface area contributed by atoms with Gasteiger partial charge in [-0.25, -0.2) is 0 Å². The molecule has 1 heterocycles. The number of nitrogens with zero attached hydrogens (tertiary/aromatic N) is 3. The van der Waals surface area contributed by atoms with Gasteiger partial charge in [0.25, 0.3) is 0 Å². The Balaban J connectivity index is 1.29. The summed E-state index contributed by atoms with van der Waals surface area (Å²) in [5.74, 6) is 4.47. The lowest BCUT2D eigenvalue weighted by Crippen LogP contribution is -2.56. The normalized spacial score (nSPS) is 44.5. The first-order valence-corrected chi connectivity index (χ1v) is 14.0. The summed E-state index contributed by atoms with van der Waals surface area (Å²) in [5, 5.41) is 24.8. The number of rotatable bonds is 6. The van der Waals surface area contributed by atoms with E-state index in [1.54, 1.807) is 0 Å². The van der Waals surface area contributed by atoms with Crippen LogP contribution in [-0.2, 0) is 11.3 Å². The van der Waals surface area contributed by atoms with Gasteiger partial charge in [-0.3, -0.25) is 4.68 Å². The molecular weight excluding hydrogens is 422 g/mol. The zero-order chi connectivity index (χ0) is 24.1. The van der Waals surface area contributed by atoms with Gasteiger partial charge in [0.05, 0.1) is 12.2 Å². The minimum absolute atomic E-state index is 0.384. The lowest BCUT2D eigenvalue weighted by Gasteiger charge is -2.62. The number of nitriles is 1. The van der Waals surface area contributed by atoms with E-state index in [0.29, 0.717) is 41.6 Å². The summed E-state index contributed by atoms with van der Waals surface area (Å²) >= 11 is 0. The van der Waals surface area contributed by atoms with Gasteiger partial charge < -0.3 is 9.84 Å². The van der Waals surface area contributed by atoms with Crippen LogP contribution in [0, 0.1) is 57.7 Å². The second-order valence-corrected chi connectivity index (χ2v) is 13.0. The second-order valence-electron chi connectivity index (χ2n) is 13.0. The first-order chi connectivity index (χ1) is 16.2. The summed E-state index contributed by atoms with van der Waals surface area (Å²) in [6, 6.07) is 3.99. The third-order valence-electron chi connectivity index (χ3n) is 11.4. The van der Waals surface area contributed by atoms with Gasteiger partial charge in [-0.05, 0) is 117 Å². The molecule has 0 aromatic carbocycles. The minimum Gasteiger partial charge on any atom is -0.387 e. The quantitative estimate of drug-likeness (QED) is 0.572. The first-order valence-electron chi connectivity index (χ1n) is 14.0. The Labute approximate surface area is 206 Å². The molecule has 4 saturated carbocycles. The van der Waals surface area contributed by atoms with E-state index < -0.39 is 5.60 Å². The fourth-order valence-electron chi connectivity index (χ4n) is 9.67. The molecule has 9 atom stereocenters. The van der Waals surface area contributed by atoms with Crippen molar-refractivity contribution < 1.29 is 9.84 Å². The number of ether oxygens (including phenoxy) is 1. The minimum atomic E-state index is -0.609. The van der Waals surface area contributed by atoms with Crippen LogP contribution < -0.4 is 0 Å². The highest BCUT2D eigenvalue weighted by Crippen LogP contribution is 2.68. The van der Waals surface area contributed by atoms with Crippen molar-refractivity contribution >= 4 is 0 Å².